The lowest BCUT2D eigenvalue weighted by Gasteiger charge is -2.08. The van der Waals surface area contributed by atoms with E-state index in [0.29, 0.717) is 11.1 Å². The highest BCUT2D eigenvalue weighted by atomic mass is 35.5. The average molecular weight is 312 g/mol. The van der Waals surface area contributed by atoms with Gasteiger partial charge >= 0.3 is 0 Å². The molecule has 3 aromatic rings. The van der Waals surface area contributed by atoms with Crippen molar-refractivity contribution in [3.05, 3.63) is 53.7 Å². The topological polar surface area (TPSA) is 38.7 Å². The summed E-state index contributed by atoms with van der Waals surface area (Å²) in [7, 11) is 0. The van der Waals surface area contributed by atoms with E-state index in [2.05, 4.69) is 34.9 Å². The molecule has 0 aliphatic rings. The van der Waals surface area contributed by atoms with Gasteiger partial charge < -0.3 is 0 Å². The lowest BCUT2D eigenvalue weighted by atomic mass is 10.0. The third-order valence-corrected chi connectivity index (χ3v) is 3.94. The summed E-state index contributed by atoms with van der Waals surface area (Å²) in [5, 5.41) is 1.42. The van der Waals surface area contributed by atoms with Crippen molar-refractivity contribution in [1.82, 2.24) is 15.0 Å². The molecule has 22 heavy (non-hydrogen) atoms. The molecule has 3 nitrogen and oxygen atoms in total. The fourth-order valence-corrected chi connectivity index (χ4v) is 2.64. The zero-order valence-electron chi connectivity index (χ0n) is 12.8. The maximum atomic E-state index is 6.37. The van der Waals surface area contributed by atoms with Crippen LogP contribution in [0.3, 0.4) is 0 Å². The number of nitrogens with zero attached hydrogens (tertiary/aromatic N) is 3. The number of hydrogen-bond acceptors (Lipinski definition) is 3. The first-order valence-corrected chi connectivity index (χ1v) is 7.88. The van der Waals surface area contributed by atoms with Crippen LogP contribution in [0, 0.1) is 5.92 Å². The standard InChI is InChI=1S/C18H18ClN3/c1-12(2)3-6-17-21-16-5-4-14(11-15(16)18(19)22-17)13-7-9-20-10-8-13/h4-5,7-12H,3,6H2,1-2H3. The van der Waals surface area contributed by atoms with Crippen molar-refractivity contribution in [2.24, 2.45) is 5.92 Å². The van der Waals surface area contributed by atoms with Gasteiger partial charge in [-0.15, -0.1) is 0 Å². The number of benzene rings is 1. The second kappa shape index (κ2) is 6.41. The molecule has 0 bridgehead atoms. The molecule has 0 aliphatic carbocycles. The van der Waals surface area contributed by atoms with Crippen LogP contribution in [0.1, 0.15) is 26.1 Å². The molecule has 0 fully saturated rings. The van der Waals surface area contributed by atoms with Gasteiger partial charge in [0.1, 0.15) is 11.0 Å². The number of rotatable bonds is 4. The van der Waals surface area contributed by atoms with Gasteiger partial charge in [-0.05, 0) is 47.7 Å². The Morgan fingerprint density at radius 1 is 1.00 bits per heavy atom. The van der Waals surface area contributed by atoms with E-state index in [0.717, 1.165) is 40.7 Å². The summed E-state index contributed by atoms with van der Waals surface area (Å²) in [5.41, 5.74) is 3.10. The molecule has 3 rings (SSSR count). The summed E-state index contributed by atoms with van der Waals surface area (Å²) in [6, 6.07) is 10.1. The maximum Gasteiger partial charge on any atom is 0.140 e. The minimum atomic E-state index is 0.527. The highest BCUT2D eigenvalue weighted by Crippen LogP contribution is 2.27. The zero-order chi connectivity index (χ0) is 15.5. The Morgan fingerprint density at radius 3 is 2.50 bits per heavy atom. The molecule has 0 unspecified atom stereocenters. The van der Waals surface area contributed by atoms with Crippen LogP contribution in [0.5, 0.6) is 0 Å². The second-order valence-electron chi connectivity index (χ2n) is 5.83. The van der Waals surface area contributed by atoms with E-state index in [9.17, 15) is 0 Å². The van der Waals surface area contributed by atoms with E-state index in [1.165, 1.54) is 0 Å². The van der Waals surface area contributed by atoms with Crippen molar-refractivity contribution >= 4 is 22.5 Å². The second-order valence-corrected chi connectivity index (χ2v) is 6.19. The first-order valence-electron chi connectivity index (χ1n) is 7.50. The summed E-state index contributed by atoms with van der Waals surface area (Å²) >= 11 is 6.37. The Kier molecular flexibility index (Phi) is 4.34. The number of hydrogen-bond donors (Lipinski definition) is 0. The summed E-state index contributed by atoms with van der Waals surface area (Å²) in [5.74, 6) is 1.45. The molecular weight excluding hydrogens is 294 g/mol. The molecule has 0 saturated carbocycles. The van der Waals surface area contributed by atoms with Crippen molar-refractivity contribution in [3.8, 4) is 11.1 Å². The quantitative estimate of drug-likeness (QED) is 0.641. The van der Waals surface area contributed by atoms with Crippen molar-refractivity contribution in [3.63, 3.8) is 0 Å². The van der Waals surface area contributed by atoms with Gasteiger partial charge in [-0.3, -0.25) is 4.98 Å². The van der Waals surface area contributed by atoms with Crippen LogP contribution in [0.25, 0.3) is 22.0 Å². The summed E-state index contributed by atoms with van der Waals surface area (Å²) in [6.07, 6.45) is 5.50. The Morgan fingerprint density at radius 2 is 1.77 bits per heavy atom. The minimum Gasteiger partial charge on any atom is -0.265 e. The van der Waals surface area contributed by atoms with Crippen LogP contribution in [0.15, 0.2) is 42.7 Å². The monoisotopic (exact) mass is 311 g/mol. The van der Waals surface area contributed by atoms with E-state index in [1.807, 2.05) is 24.3 Å². The summed E-state index contributed by atoms with van der Waals surface area (Å²) in [4.78, 5) is 13.1. The number of halogens is 1. The average Bonchev–Trinajstić information content (AvgIpc) is 2.53. The van der Waals surface area contributed by atoms with Gasteiger partial charge in [0.25, 0.3) is 0 Å². The van der Waals surface area contributed by atoms with Crippen LogP contribution in [-0.2, 0) is 6.42 Å². The maximum absolute atomic E-state index is 6.37. The largest absolute Gasteiger partial charge is 0.265 e. The predicted octanol–water partition coefficient (Wildman–Crippen LogP) is 4.93. The molecule has 0 saturated heterocycles. The number of aromatic nitrogens is 3. The molecule has 0 amide bonds. The van der Waals surface area contributed by atoms with Crippen molar-refractivity contribution in [2.75, 3.05) is 0 Å². The lowest BCUT2D eigenvalue weighted by molar-refractivity contribution is 0.575. The molecule has 0 N–H and O–H groups in total. The number of aryl methyl sites for hydroxylation is 1. The van der Waals surface area contributed by atoms with Gasteiger partial charge in [0.2, 0.25) is 0 Å². The SMILES string of the molecule is CC(C)CCc1nc(Cl)c2cc(-c3ccncc3)ccc2n1. The van der Waals surface area contributed by atoms with Crippen LogP contribution < -0.4 is 0 Å². The summed E-state index contributed by atoms with van der Waals surface area (Å²) < 4.78 is 0. The molecule has 0 spiro atoms. The lowest BCUT2D eigenvalue weighted by Crippen LogP contribution is -1.99. The highest BCUT2D eigenvalue weighted by molar-refractivity contribution is 6.34. The molecule has 0 atom stereocenters. The molecule has 2 aromatic heterocycles. The molecule has 0 radical (unpaired) electrons. The Labute approximate surface area is 135 Å². The number of pyridine rings is 1. The van der Waals surface area contributed by atoms with Crippen molar-refractivity contribution in [1.29, 1.82) is 0 Å². The fourth-order valence-electron chi connectivity index (χ4n) is 2.39. The molecule has 4 heteroatoms. The van der Waals surface area contributed by atoms with E-state index in [-0.39, 0.29) is 0 Å². The third kappa shape index (κ3) is 3.25. The molecular formula is C18H18ClN3. The first kappa shape index (κ1) is 14.9. The van der Waals surface area contributed by atoms with E-state index < -0.39 is 0 Å². The van der Waals surface area contributed by atoms with E-state index >= 15 is 0 Å². The summed E-state index contributed by atoms with van der Waals surface area (Å²) in [6.45, 7) is 4.40. The Balaban J connectivity index is 1.99. The van der Waals surface area contributed by atoms with Crippen LogP contribution >= 0.6 is 11.6 Å². The van der Waals surface area contributed by atoms with Crippen LogP contribution in [-0.4, -0.2) is 15.0 Å². The normalized spacial score (nSPS) is 11.3. The minimum absolute atomic E-state index is 0.527. The Bertz CT molecular complexity index is 785. The van der Waals surface area contributed by atoms with E-state index in [4.69, 9.17) is 11.6 Å². The third-order valence-electron chi connectivity index (χ3n) is 3.65. The van der Waals surface area contributed by atoms with Crippen LogP contribution in [0.2, 0.25) is 5.15 Å². The van der Waals surface area contributed by atoms with Crippen molar-refractivity contribution < 1.29 is 0 Å². The first-order chi connectivity index (χ1) is 10.6. The molecule has 1 aromatic carbocycles. The van der Waals surface area contributed by atoms with Gasteiger partial charge in [-0.1, -0.05) is 31.5 Å². The molecule has 112 valence electrons. The Hall–Kier alpha value is -2.00. The predicted molar refractivity (Wildman–Crippen MR) is 90.9 cm³/mol. The van der Waals surface area contributed by atoms with Gasteiger partial charge in [0.05, 0.1) is 5.52 Å². The fraction of sp³-hybridized carbons (Fsp3) is 0.278. The van der Waals surface area contributed by atoms with Crippen molar-refractivity contribution in [2.45, 2.75) is 26.7 Å². The van der Waals surface area contributed by atoms with Gasteiger partial charge in [0, 0.05) is 24.2 Å². The van der Waals surface area contributed by atoms with E-state index in [1.54, 1.807) is 12.4 Å². The van der Waals surface area contributed by atoms with Gasteiger partial charge in [-0.2, -0.15) is 0 Å². The van der Waals surface area contributed by atoms with Gasteiger partial charge in [0.15, 0.2) is 0 Å². The van der Waals surface area contributed by atoms with Gasteiger partial charge in [-0.25, -0.2) is 9.97 Å². The molecule has 0 aliphatic heterocycles. The number of fused-ring (bicyclic) bond motifs is 1. The van der Waals surface area contributed by atoms with Crippen LogP contribution in [0.4, 0.5) is 0 Å². The molecule has 2 heterocycles. The zero-order valence-corrected chi connectivity index (χ0v) is 13.5. The smallest absolute Gasteiger partial charge is 0.140 e. The highest BCUT2D eigenvalue weighted by Gasteiger charge is 2.08.